The average Bonchev–Trinajstić information content (AvgIpc) is 1.65. The van der Waals surface area contributed by atoms with Crippen molar-refractivity contribution in [2.45, 2.75) is 125 Å². The minimum absolute atomic E-state index is 0.00391. The van der Waals surface area contributed by atoms with E-state index in [1.165, 1.54) is 91.5 Å². The van der Waals surface area contributed by atoms with Crippen molar-refractivity contribution in [1.82, 2.24) is 20.4 Å². The molecule has 0 aromatic heterocycles. The number of rotatable bonds is 12. The number of hydrogen-bond donors (Lipinski definition) is 2. The molecule has 6 aromatic carbocycles. The molecule has 0 spiro atoms. The Morgan fingerprint density at radius 2 is 0.852 bits per heavy atom. The van der Waals surface area contributed by atoms with E-state index in [1.54, 1.807) is 35.2 Å². The van der Waals surface area contributed by atoms with Crippen LogP contribution in [-0.4, -0.2) is 82.9 Å². The Kier molecular flexibility index (Phi) is 18.5. The number of alkyl halides is 12. The molecule has 4 heterocycles. The maximum Gasteiger partial charge on any atom is 0.416 e. The lowest BCUT2D eigenvalue weighted by atomic mass is 9.84. The Morgan fingerprint density at radius 1 is 0.511 bits per heavy atom. The van der Waals surface area contributed by atoms with Gasteiger partial charge in [0.05, 0.1) is 58.3 Å². The zero-order valence-corrected chi connectivity index (χ0v) is 46.4. The molecule has 4 aliphatic rings. The summed E-state index contributed by atoms with van der Waals surface area (Å²) in [6.07, 6.45) is -23.8. The van der Waals surface area contributed by atoms with Crippen LogP contribution < -0.4 is 10.6 Å². The van der Waals surface area contributed by atoms with Gasteiger partial charge < -0.3 is 29.9 Å². The summed E-state index contributed by atoms with van der Waals surface area (Å²) in [6, 6.07) is 27.4. The molecule has 0 aliphatic carbocycles. The van der Waals surface area contributed by atoms with Gasteiger partial charge >= 0.3 is 24.7 Å². The normalized spacial score (nSPS) is 22.8. The quantitative estimate of drug-likeness (QED) is 0.116. The SMILES string of the molecule is C[C@@H](O[C@H]1CN2C(=O)CC(NC(=O)c3ccc(C#N)cc3)C[C@H]2[C@@H]1c1ccc(F)cc1)c1cc(C(F)(F)F)cc(C(F)(F)F)c1.C[C@@H](O[C@H]1CN2C(=O)CC(NC(=O)c3ccccc3)C[C@H]2[C@@H]1c1ccc(F)cc1)c1cc(C(F)(F)F)cc(C(F)(F)F)c1. The Morgan fingerprint density at radius 3 is 1.18 bits per heavy atom. The third-order valence-electron chi connectivity index (χ3n) is 16.1. The number of nitriles is 1. The first-order valence-electron chi connectivity index (χ1n) is 27.5. The van der Waals surface area contributed by atoms with Crippen molar-refractivity contribution in [2.75, 3.05) is 13.1 Å². The molecular formula is C63H53F14N5O6. The first-order valence-corrected chi connectivity index (χ1v) is 27.5. The van der Waals surface area contributed by atoms with Crippen LogP contribution in [0.2, 0.25) is 0 Å². The number of piperidine rings is 2. The highest BCUT2D eigenvalue weighted by Crippen LogP contribution is 2.47. The number of nitrogens with one attached hydrogen (secondary N) is 2. The van der Waals surface area contributed by atoms with Crippen molar-refractivity contribution < 1.29 is 90.1 Å². The summed E-state index contributed by atoms with van der Waals surface area (Å²) in [5.41, 5.74) is -4.37. The summed E-state index contributed by atoms with van der Waals surface area (Å²) in [5, 5.41) is 14.7. The van der Waals surface area contributed by atoms with E-state index in [9.17, 15) is 80.6 Å². The van der Waals surface area contributed by atoms with Crippen molar-refractivity contribution in [3.05, 3.63) is 212 Å². The van der Waals surface area contributed by atoms with E-state index in [0.717, 1.165) is 0 Å². The molecule has 6 aromatic rings. The van der Waals surface area contributed by atoms with E-state index in [4.69, 9.17) is 14.7 Å². The number of halogens is 14. The molecule has 0 saturated carbocycles. The molecule has 11 nitrogen and oxygen atoms in total. The molecular weight excluding hydrogens is 1190 g/mol. The van der Waals surface area contributed by atoms with Crippen molar-refractivity contribution in [1.29, 1.82) is 5.26 Å². The van der Waals surface area contributed by atoms with Crippen molar-refractivity contribution in [3.8, 4) is 6.07 Å². The lowest BCUT2D eigenvalue weighted by Gasteiger charge is -2.37. The zero-order chi connectivity index (χ0) is 63.8. The van der Waals surface area contributed by atoms with Crippen LogP contribution in [0.15, 0.2) is 140 Å². The largest absolute Gasteiger partial charge is 0.416 e. The fourth-order valence-electron chi connectivity index (χ4n) is 11.9. The van der Waals surface area contributed by atoms with Gasteiger partial charge in [-0.15, -0.1) is 0 Å². The first kappa shape index (κ1) is 64.1. The van der Waals surface area contributed by atoms with Gasteiger partial charge in [0.15, 0.2) is 0 Å². The van der Waals surface area contributed by atoms with Gasteiger partial charge in [-0.2, -0.15) is 57.9 Å². The van der Waals surface area contributed by atoms with Crippen LogP contribution in [0.4, 0.5) is 61.5 Å². The predicted octanol–water partition coefficient (Wildman–Crippen LogP) is 13.7. The smallest absolute Gasteiger partial charge is 0.368 e. The van der Waals surface area contributed by atoms with Gasteiger partial charge in [0.2, 0.25) is 11.8 Å². The lowest BCUT2D eigenvalue weighted by Crippen LogP contribution is -2.51. The molecule has 0 radical (unpaired) electrons. The fourth-order valence-corrected chi connectivity index (χ4v) is 11.9. The van der Waals surface area contributed by atoms with Gasteiger partial charge in [-0.05, 0) is 146 Å². The maximum atomic E-state index is 13.8. The standard InChI is InChI=1S/C32H26F7N3O3.C31H27F7N2O3/c1-17(21-10-22(31(34,35)36)12-23(11-21)32(37,38)39)45-27-16-42-26(29(27)19-6-8-24(33)9-7-19)13-25(14-28(42)43)41-30(44)20-4-2-18(15-40)3-5-20;1-17(20-11-21(30(33,34)35)13-22(12-20)31(36,37)38)43-26-16-40-25(28(26)18-7-9-23(32)10-8-18)14-24(15-27(40)41)39-29(42)19-5-3-2-4-6-19/h2-12,17,25-27,29H,13-14,16H2,1H3,(H,41,44);2-13,17,24-26,28H,14-16H2,1H3,(H,39,42)/t17-,25?,26+,27+,29+;17-,24?,25+,26+,28+/m11/s1. The minimum Gasteiger partial charge on any atom is -0.368 e. The molecule has 10 rings (SSSR count). The van der Waals surface area contributed by atoms with E-state index in [2.05, 4.69) is 10.6 Å². The van der Waals surface area contributed by atoms with Gasteiger partial charge in [-0.1, -0.05) is 42.5 Å². The number of fused-ring (bicyclic) bond motifs is 2. The first-order chi connectivity index (χ1) is 41.3. The highest BCUT2D eigenvalue weighted by molar-refractivity contribution is 5.95. The number of benzene rings is 6. The summed E-state index contributed by atoms with van der Waals surface area (Å²) in [7, 11) is 0. The molecule has 25 heteroatoms. The molecule has 0 bridgehead atoms. The Hall–Kier alpha value is -8.37. The minimum atomic E-state index is -5.04. The Bertz CT molecular complexity index is 3490. The topological polar surface area (TPSA) is 141 Å². The van der Waals surface area contributed by atoms with Crippen LogP contribution >= 0.6 is 0 Å². The van der Waals surface area contributed by atoms with Crippen LogP contribution in [-0.2, 0) is 43.8 Å². The number of carbonyl (C=O) groups is 4. The van der Waals surface area contributed by atoms with E-state index < -0.39 is 125 Å². The second kappa shape index (κ2) is 25.4. The second-order valence-electron chi connectivity index (χ2n) is 22.0. The molecule has 10 atom stereocenters. The van der Waals surface area contributed by atoms with E-state index in [1.807, 2.05) is 6.07 Å². The highest BCUT2D eigenvalue weighted by Gasteiger charge is 2.52. The van der Waals surface area contributed by atoms with Gasteiger partial charge in [0.1, 0.15) is 11.6 Å². The van der Waals surface area contributed by atoms with E-state index in [-0.39, 0.29) is 78.9 Å². The van der Waals surface area contributed by atoms with E-state index >= 15 is 0 Å². The van der Waals surface area contributed by atoms with Crippen LogP contribution in [0, 0.1) is 23.0 Å². The molecule has 4 fully saturated rings. The van der Waals surface area contributed by atoms with Crippen molar-refractivity contribution in [3.63, 3.8) is 0 Å². The molecule has 4 amide bonds. The fraction of sp³-hybridized carbons (Fsp3) is 0.349. The molecule has 2 N–H and O–H groups in total. The maximum absolute atomic E-state index is 13.8. The Labute approximate surface area is 494 Å². The molecule has 4 aliphatic heterocycles. The van der Waals surface area contributed by atoms with Crippen LogP contribution in [0.5, 0.6) is 0 Å². The number of ether oxygens (including phenoxy) is 2. The summed E-state index contributed by atoms with van der Waals surface area (Å²) in [4.78, 5) is 55.4. The van der Waals surface area contributed by atoms with Crippen molar-refractivity contribution in [2.24, 2.45) is 0 Å². The number of hydrogen-bond acceptors (Lipinski definition) is 7. The predicted molar refractivity (Wildman–Crippen MR) is 287 cm³/mol. The summed E-state index contributed by atoms with van der Waals surface area (Å²) < 4.78 is 202. The van der Waals surface area contributed by atoms with Gasteiger partial charge in [0, 0.05) is 73.1 Å². The van der Waals surface area contributed by atoms with Gasteiger partial charge in [-0.3, -0.25) is 19.2 Å². The lowest BCUT2D eigenvalue weighted by molar-refractivity contribution is -0.145. The molecule has 4 saturated heterocycles. The molecule has 464 valence electrons. The van der Waals surface area contributed by atoms with Gasteiger partial charge in [-0.25, -0.2) is 8.78 Å². The summed E-state index contributed by atoms with van der Waals surface area (Å²) in [5.74, 6) is -3.74. The van der Waals surface area contributed by atoms with Crippen molar-refractivity contribution >= 4 is 23.6 Å². The third-order valence-corrected chi connectivity index (χ3v) is 16.1. The molecule has 2 unspecified atom stereocenters. The Balaban J connectivity index is 0.000000210. The summed E-state index contributed by atoms with van der Waals surface area (Å²) >= 11 is 0. The number of carbonyl (C=O) groups excluding carboxylic acids is 4. The van der Waals surface area contributed by atoms with E-state index in [0.29, 0.717) is 52.9 Å². The monoisotopic (exact) mass is 1240 g/mol. The third kappa shape index (κ3) is 14.8. The van der Waals surface area contributed by atoms with Crippen LogP contribution in [0.3, 0.4) is 0 Å². The average molecular weight is 1240 g/mol. The second-order valence-corrected chi connectivity index (χ2v) is 22.0. The highest BCUT2D eigenvalue weighted by atomic mass is 19.4. The molecule has 88 heavy (non-hydrogen) atoms. The zero-order valence-electron chi connectivity index (χ0n) is 46.4. The summed E-state index contributed by atoms with van der Waals surface area (Å²) in [6.45, 7) is 2.67. The number of amides is 4. The van der Waals surface area contributed by atoms with Crippen LogP contribution in [0.1, 0.15) is 134 Å². The van der Waals surface area contributed by atoms with Crippen LogP contribution in [0.25, 0.3) is 0 Å². The van der Waals surface area contributed by atoms with Gasteiger partial charge in [0.25, 0.3) is 11.8 Å². The number of nitrogens with zero attached hydrogens (tertiary/aromatic N) is 3.